The number of piperidine rings is 6. The zero-order valence-corrected chi connectivity index (χ0v) is 86.6. The number of carbonyl (C=O) groups excluding carboxylic acids is 5. The molecule has 2 N–H and O–H groups in total. The molecule has 1 unspecified atom stereocenters. The van der Waals surface area contributed by atoms with Gasteiger partial charge in [0, 0.05) is 132 Å². The van der Waals surface area contributed by atoms with Crippen LogP contribution in [0.4, 0.5) is 32.3 Å². The molecule has 140 heavy (non-hydrogen) atoms. The van der Waals surface area contributed by atoms with Crippen molar-refractivity contribution in [1.82, 2.24) is 29.4 Å². The molecule has 6 saturated heterocycles. The molecule has 6 aliphatic heterocycles. The molecule has 23 nitrogen and oxygen atoms in total. The number of ketones is 1. The minimum Gasteiger partial charge on any atom is -0.493 e. The summed E-state index contributed by atoms with van der Waals surface area (Å²) in [4.78, 5) is 72.7. The van der Waals surface area contributed by atoms with Gasteiger partial charge in [-0.3, -0.25) is 14.6 Å². The van der Waals surface area contributed by atoms with Gasteiger partial charge in [-0.2, -0.15) is 0 Å². The monoisotopic (exact) mass is 1960 g/mol. The maximum absolute atomic E-state index is 13.9. The maximum atomic E-state index is 13.9. The van der Waals surface area contributed by atoms with E-state index < -0.39 is 40.5 Å². The van der Waals surface area contributed by atoms with Crippen molar-refractivity contribution >= 4 is 41.8 Å². The highest BCUT2D eigenvalue weighted by molar-refractivity contribution is 6.32. The lowest BCUT2D eigenvalue weighted by atomic mass is 9.81. The number of ether oxygens (including phenoxy) is 10. The Hall–Kier alpha value is -10.8. The molecule has 8 aromatic rings. The number of likely N-dealkylation sites (tertiary alicyclic amines) is 6. The fourth-order valence-corrected chi connectivity index (χ4v) is 17.1. The minimum absolute atomic E-state index is 0.00734. The summed E-state index contributed by atoms with van der Waals surface area (Å²) in [5.74, 6) is 2.02. The molecule has 0 saturated carbocycles. The number of halogens is 4. The van der Waals surface area contributed by atoms with Crippen LogP contribution in [0.3, 0.4) is 0 Å². The Bertz CT molecular complexity index is 4910. The van der Waals surface area contributed by atoms with Crippen molar-refractivity contribution in [2.75, 3.05) is 119 Å². The van der Waals surface area contributed by atoms with Gasteiger partial charge >= 0.3 is 24.4 Å². The molecule has 4 amide bonds. The number of rotatable bonds is 23. The molecule has 0 bridgehead atoms. The van der Waals surface area contributed by atoms with Gasteiger partial charge in [-0.1, -0.05) is 185 Å². The summed E-state index contributed by atoms with van der Waals surface area (Å²) in [7, 11) is 1.64. The minimum atomic E-state index is -0.525. The van der Waals surface area contributed by atoms with E-state index in [0.717, 1.165) is 127 Å². The molecule has 0 aromatic heterocycles. The van der Waals surface area contributed by atoms with Crippen molar-refractivity contribution in [3.05, 3.63) is 251 Å². The number of amides is 4. The first-order valence-corrected chi connectivity index (χ1v) is 49.8. The predicted molar refractivity (Wildman–Crippen MR) is 543 cm³/mol. The van der Waals surface area contributed by atoms with Crippen LogP contribution in [0.15, 0.2) is 206 Å². The third-order valence-corrected chi connectivity index (χ3v) is 25.9. The smallest absolute Gasteiger partial charge is 0.410 e. The van der Waals surface area contributed by atoms with E-state index in [2.05, 4.69) is 67.8 Å². The van der Waals surface area contributed by atoms with E-state index in [0.29, 0.717) is 101 Å². The molecule has 5 atom stereocenters. The van der Waals surface area contributed by atoms with E-state index in [1.807, 2.05) is 186 Å². The van der Waals surface area contributed by atoms with E-state index in [1.54, 1.807) is 88.2 Å². The van der Waals surface area contributed by atoms with Crippen molar-refractivity contribution in [3.63, 3.8) is 0 Å². The highest BCUT2D eigenvalue weighted by Gasteiger charge is 2.40. The number of aliphatic hydroxyl groups is 2. The summed E-state index contributed by atoms with van der Waals surface area (Å²) in [6, 6.07) is 63.0. The van der Waals surface area contributed by atoms with Crippen molar-refractivity contribution in [1.29, 1.82) is 0 Å². The third-order valence-electron chi connectivity index (χ3n) is 25.6. The zero-order valence-electron chi connectivity index (χ0n) is 85.8. The predicted octanol–water partition coefficient (Wildman–Crippen LogP) is 23.6. The standard InChI is InChI=1S/C19H26FNO3.2C19H22FNO2.C19H29NO4.C19H29NO3.C18H26ClNO3/c1-13(15-7-5-6-8-16(15)20)17(22)14-9-11-21(12-10-14)18(23)24-19(2,3)4;2*20-17-8-4-5-9-19(17)23-14-16-13-21(11-10-18(16)22)12-15-6-2-1-3-7-15;1-18(2,3)24-17(21)20-12-10-19(4,11-13-20)14-23-16-9-7-6-8-15(16)22-5;1-15-8-6-7-9-16(15)22-14-19(5)10-12-20(13-11-19)17(21)23-18(2,3)4;1-17(2,3)23-16(21)20-11-9-18(4,10-12-20)13-22-15-8-6-5-7-14(15)19/h5-8,13-14H,9-12H2,1-4H3;2*1-9,16,18,22H,10-14H2;6-9H,10-14H2,1-5H3;6-9H,10-14H2,1-5H3;5-8H,9-13H2,1-4H3/t;16-,18+;16-,18-;;;/m.01.../s1. The number of methoxy groups -OCH3 is 1. The molecule has 6 aliphatic rings. The normalized spacial score (nSPS) is 19.0. The second kappa shape index (κ2) is 53.4. The van der Waals surface area contributed by atoms with Gasteiger partial charge in [0.25, 0.3) is 0 Å². The van der Waals surface area contributed by atoms with E-state index in [-0.39, 0.29) is 93.1 Å². The highest BCUT2D eigenvalue weighted by Crippen LogP contribution is 2.39. The number of aryl methyl sites for hydroxylation is 1. The fourth-order valence-electron chi connectivity index (χ4n) is 16.9. The molecule has 0 radical (unpaired) electrons. The number of hydrogen-bond acceptors (Lipinski definition) is 19. The van der Waals surface area contributed by atoms with Crippen molar-refractivity contribution in [2.45, 2.75) is 236 Å². The summed E-state index contributed by atoms with van der Waals surface area (Å²) in [5.41, 5.74) is 2.43. The van der Waals surface area contributed by atoms with E-state index in [4.69, 9.17) is 59.0 Å². The second-order valence-corrected chi connectivity index (χ2v) is 43.0. The van der Waals surface area contributed by atoms with E-state index in [1.165, 1.54) is 29.3 Å². The van der Waals surface area contributed by atoms with Gasteiger partial charge in [0.1, 0.15) is 45.5 Å². The Kier molecular flexibility index (Phi) is 43.0. The van der Waals surface area contributed by atoms with Crippen LogP contribution in [0.5, 0.6) is 34.5 Å². The molecule has 14 rings (SSSR count). The van der Waals surface area contributed by atoms with Crippen molar-refractivity contribution < 1.29 is 94.7 Å². The third kappa shape index (κ3) is 38.6. The first kappa shape index (κ1) is 113. The summed E-state index contributed by atoms with van der Waals surface area (Å²) >= 11 is 6.12. The van der Waals surface area contributed by atoms with Crippen LogP contribution in [0.2, 0.25) is 5.02 Å². The lowest BCUT2D eigenvalue weighted by Crippen LogP contribution is -2.46. The average Bonchev–Trinajstić information content (AvgIpc) is 0.833. The number of nitrogens with zero attached hydrogens (tertiary/aromatic N) is 6. The van der Waals surface area contributed by atoms with Crippen LogP contribution < -0.4 is 28.4 Å². The van der Waals surface area contributed by atoms with Crippen molar-refractivity contribution in [3.8, 4) is 34.5 Å². The van der Waals surface area contributed by atoms with Crippen LogP contribution in [0, 0.1) is 58.4 Å². The number of para-hydroxylation sites is 6. The first-order chi connectivity index (χ1) is 66.2. The topological polar surface area (TPSA) is 238 Å². The van der Waals surface area contributed by atoms with Gasteiger partial charge in [-0.05, 0) is 237 Å². The Balaban J connectivity index is 0.000000188. The molecular formula is C113H154ClF3N6O17. The number of hydrogen-bond donors (Lipinski definition) is 2. The Morgan fingerprint density at radius 3 is 1.04 bits per heavy atom. The van der Waals surface area contributed by atoms with Gasteiger partial charge in [0.2, 0.25) is 0 Å². The number of aliphatic hydroxyl groups excluding tert-OH is 2. The second-order valence-electron chi connectivity index (χ2n) is 42.6. The Morgan fingerprint density at radius 1 is 0.379 bits per heavy atom. The molecule has 0 aliphatic carbocycles. The Morgan fingerprint density at radius 2 is 0.686 bits per heavy atom. The number of carbonyl (C=O) groups is 5. The quantitative estimate of drug-likeness (QED) is 0.0566. The first-order valence-electron chi connectivity index (χ1n) is 49.4. The summed E-state index contributed by atoms with van der Waals surface area (Å²) < 4.78 is 97.1. The van der Waals surface area contributed by atoms with Gasteiger partial charge in [0.15, 0.2) is 34.6 Å². The molecule has 0 spiro atoms. The highest BCUT2D eigenvalue weighted by atomic mass is 35.5. The molecule has 8 aromatic carbocycles. The lowest BCUT2D eigenvalue weighted by molar-refractivity contribution is -0.125. The summed E-state index contributed by atoms with van der Waals surface area (Å²) in [6.07, 6.45) is 6.25. The maximum Gasteiger partial charge on any atom is 0.410 e. The van der Waals surface area contributed by atoms with E-state index >= 15 is 0 Å². The van der Waals surface area contributed by atoms with Crippen LogP contribution in [0.1, 0.15) is 203 Å². The van der Waals surface area contributed by atoms with Gasteiger partial charge in [0.05, 0.1) is 57.4 Å². The van der Waals surface area contributed by atoms with Gasteiger partial charge < -0.3 is 77.2 Å². The van der Waals surface area contributed by atoms with Crippen LogP contribution in [-0.4, -0.2) is 223 Å². The van der Waals surface area contributed by atoms with Crippen molar-refractivity contribution in [2.24, 2.45) is 34.0 Å². The van der Waals surface area contributed by atoms with Crippen LogP contribution in [-0.2, 0) is 36.8 Å². The largest absolute Gasteiger partial charge is 0.493 e. The summed E-state index contributed by atoms with van der Waals surface area (Å²) in [6.45, 7) is 45.7. The SMILES string of the molecule is CC(C(=O)C1CCN(C(=O)OC(C)(C)C)CC1)c1ccccc1F.CC1(COc2ccccc2Cl)CCN(C(=O)OC(C)(C)C)CC1.COc1ccccc1OCC1(C)CCN(C(=O)OC(C)(C)C)CC1.Cc1ccccc1OCC1(C)CCN(C(=O)OC(C)(C)C)CC1.O[C@@H]1CCN(Cc2ccccc2)C[C@@H]1COc1ccccc1F.O[C@@H]1CCN(Cc2ccccc2)C[C@H]1COc1ccccc1F. The number of benzene rings is 8. The molecule has 6 heterocycles. The molecule has 27 heteroatoms. The fraction of sp³-hybridized carbons (Fsp3) is 0.531. The lowest BCUT2D eigenvalue weighted by Gasteiger charge is -2.39. The van der Waals surface area contributed by atoms with E-state index in [9.17, 15) is 47.4 Å². The summed E-state index contributed by atoms with van der Waals surface area (Å²) in [5, 5.41) is 21.0. The Labute approximate surface area is 834 Å². The number of Topliss-reactive ketones (excluding diaryl/α,β-unsaturated/α-hetero) is 1. The zero-order chi connectivity index (χ0) is 102. The average molecular weight is 1960 g/mol. The van der Waals surface area contributed by atoms with Crippen LogP contribution >= 0.6 is 11.6 Å². The molecular weight excluding hydrogens is 1810 g/mol. The van der Waals surface area contributed by atoms with Gasteiger partial charge in [-0.25, -0.2) is 32.3 Å². The molecule has 766 valence electrons. The van der Waals surface area contributed by atoms with Crippen LogP contribution in [0.25, 0.3) is 0 Å². The van der Waals surface area contributed by atoms with Gasteiger partial charge in [-0.15, -0.1) is 0 Å². The molecule has 6 fully saturated rings.